The largest absolute Gasteiger partial charge is 0.0625 e. The van der Waals surface area contributed by atoms with Crippen LogP contribution < -0.4 is 0 Å². The smallest absolute Gasteiger partial charge is 0.0184 e. The van der Waals surface area contributed by atoms with E-state index in [1.807, 2.05) is 0 Å². The van der Waals surface area contributed by atoms with E-state index in [1.54, 1.807) is 6.42 Å². The molecule has 0 aromatic heterocycles. The maximum atomic E-state index is 2.58. The Bertz CT molecular complexity index is 325. The average Bonchev–Trinajstić information content (AvgIpc) is 2.42. The van der Waals surface area contributed by atoms with Crippen LogP contribution in [0.1, 0.15) is 60.8 Å². The monoisotopic (exact) mass is 248 g/mol. The molecule has 0 saturated heterocycles. The second-order valence-corrected chi connectivity index (χ2v) is 8.47. The van der Waals surface area contributed by atoms with Gasteiger partial charge in [-0.25, -0.2) is 0 Å². The summed E-state index contributed by atoms with van der Waals surface area (Å²) < 4.78 is 0. The zero-order valence-electron chi connectivity index (χ0n) is 13.2. The van der Waals surface area contributed by atoms with E-state index in [0.29, 0.717) is 0 Å². The van der Waals surface area contributed by atoms with Crippen LogP contribution in [0.2, 0.25) is 0 Å². The minimum Gasteiger partial charge on any atom is -0.0625 e. The molecular formula is C18H32. The highest BCUT2D eigenvalue weighted by molar-refractivity contribution is 5.20. The summed E-state index contributed by atoms with van der Waals surface area (Å²) in [5.41, 5.74) is 0.806. The zero-order chi connectivity index (χ0) is 13.2. The molecule has 0 amide bonds. The summed E-state index contributed by atoms with van der Waals surface area (Å²) in [6.45, 7) is 15.0. The summed E-state index contributed by atoms with van der Waals surface area (Å²) in [7, 11) is 0. The van der Waals surface area contributed by atoms with Crippen LogP contribution in [0.4, 0.5) is 0 Å². The molecule has 0 aromatic rings. The summed E-state index contributed by atoms with van der Waals surface area (Å²) in [6, 6.07) is 0. The van der Waals surface area contributed by atoms with Crippen molar-refractivity contribution in [3.05, 3.63) is 0 Å². The van der Waals surface area contributed by atoms with Crippen molar-refractivity contribution in [2.24, 2.45) is 52.8 Å². The van der Waals surface area contributed by atoms with E-state index in [-0.39, 0.29) is 0 Å². The highest BCUT2D eigenvalue weighted by Gasteiger charge is 2.73. The fourth-order valence-corrected chi connectivity index (χ4v) is 6.44. The van der Waals surface area contributed by atoms with Crippen molar-refractivity contribution in [3.8, 4) is 0 Å². The molecule has 0 N–H and O–H groups in total. The first-order valence-electron chi connectivity index (χ1n) is 8.40. The molecule has 1 spiro atoms. The Kier molecular flexibility index (Phi) is 2.89. The molecule has 0 radical (unpaired) electrons. The van der Waals surface area contributed by atoms with Gasteiger partial charge < -0.3 is 0 Å². The maximum Gasteiger partial charge on any atom is -0.0184 e. The Labute approximate surface area is 114 Å². The second-order valence-electron chi connectivity index (χ2n) is 8.47. The molecule has 0 nitrogen and oxygen atoms in total. The normalized spacial score (nSPS) is 55.5. The molecule has 8 unspecified atom stereocenters. The highest BCUT2D eigenvalue weighted by Crippen LogP contribution is 2.78. The molecule has 104 valence electrons. The molecule has 0 heterocycles. The quantitative estimate of drug-likeness (QED) is 0.641. The molecular weight excluding hydrogens is 216 g/mol. The van der Waals surface area contributed by atoms with Gasteiger partial charge in [0, 0.05) is 0 Å². The first kappa shape index (κ1) is 13.0. The van der Waals surface area contributed by atoms with Crippen LogP contribution in [0, 0.1) is 52.8 Å². The van der Waals surface area contributed by atoms with Crippen molar-refractivity contribution in [1.29, 1.82) is 0 Å². The van der Waals surface area contributed by atoms with Crippen LogP contribution in [0.3, 0.4) is 0 Å². The van der Waals surface area contributed by atoms with Gasteiger partial charge in [-0.3, -0.25) is 0 Å². The fraction of sp³-hybridized carbons (Fsp3) is 1.00. The molecule has 18 heavy (non-hydrogen) atoms. The molecule has 3 fully saturated rings. The minimum absolute atomic E-state index is 0.806. The van der Waals surface area contributed by atoms with Gasteiger partial charge in [-0.2, -0.15) is 0 Å². The van der Waals surface area contributed by atoms with E-state index in [0.717, 1.165) is 52.8 Å². The summed E-state index contributed by atoms with van der Waals surface area (Å²) in [5, 5.41) is 0. The lowest BCUT2D eigenvalue weighted by atomic mass is 9.38. The molecule has 8 atom stereocenters. The summed E-state index contributed by atoms with van der Waals surface area (Å²) >= 11 is 0. The summed E-state index contributed by atoms with van der Waals surface area (Å²) in [6.07, 6.45) is 4.58. The first-order valence-corrected chi connectivity index (χ1v) is 8.40. The molecule has 0 aliphatic heterocycles. The van der Waals surface area contributed by atoms with E-state index in [1.165, 1.54) is 12.8 Å². The summed E-state index contributed by atoms with van der Waals surface area (Å²) in [5.74, 6) is 8.07. The first-order chi connectivity index (χ1) is 8.40. The van der Waals surface area contributed by atoms with Crippen molar-refractivity contribution < 1.29 is 0 Å². The standard InChI is InChI=1S/C18H32/c1-10(2)11(3)7-15-14(6)16-8-12(4)18(16)13(5)9-17(15)18/h10-17H,7-9H2,1-6H3. The Morgan fingerprint density at radius 3 is 1.94 bits per heavy atom. The predicted octanol–water partition coefficient (Wildman–Crippen LogP) is 5.23. The van der Waals surface area contributed by atoms with E-state index >= 15 is 0 Å². The van der Waals surface area contributed by atoms with Gasteiger partial charge in [0.25, 0.3) is 0 Å². The van der Waals surface area contributed by atoms with Crippen LogP contribution in [-0.2, 0) is 0 Å². The molecule has 3 saturated carbocycles. The lowest BCUT2D eigenvalue weighted by molar-refractivity contribution is -0.182. The summed E-state index contributed by atoms with van der Waals surface area (Å²) in [4.78, 5) is 0. The number of hydrogen-bond donors (Lipinski definition) is 0. The van der Waals surface area contributed by atoms with Gasteiger partial charge >= 0.3 is 0 Å². The van der Waals surface area contributed by atoms with E-state index < -0.39 is 0 Å². The van der Waals surface area contributed by atoms with E-state index in [4.69, 9.17) is 0 Å². The predicted molar refractivity (Wildman–Crippen MR) is 78.2 cm³/mol. The van der Waals surface area contributed by atoms with Gasteiger partial charge in [0.1, 0.15) is 0 Å². The third-order valence-electron chi connectivity index (χ3n) is 7.82. The van der Waals surface area contributed by atoms with Crippen LogP contribution in [-0.4, -0.2) is 0 Å². The van der Waals surface area contributed by atoms with Crippen molar-refractivity contribution in [1.82, 2.24) is 0 Å². The van der Waals surface area contributed by atoms with Crippen LogP contribution in [0.15, 0.2) is 0 Å². The zero-order valence-corrected chi connectivity index (χ0v) is 13.2. The number of hydrogen-bond acceptors (Lipinski definition) is 0. The second kappa shape index (κ2) is 4.00. The van der Waals surface area contributed by atoms with Gasteiger partial charge in [0.2, 0.25) is 0 Å². The lowest BCUT2D eigenvalue weighted by Crippen LogP contribution is -2.60. The fourth-order valence-electron chi connectivity index (χ4n) is 6.44. The molecule has 0 aromatic carbocycles. The van der Waals surface area contributed by atoms with Gasteiger partial charge in [-0.05, 0) is 72.0 Å². The topological polar surface area (TPSA) is 0 Å². The SMILES string of the molecule is CC(C)C(C)CC1C(C)C2CC(C)C23C(C)CC13. The van der Waals surface area contributed by atoms with E-state index in [9.17, 15) is 0 Å². The molecule has 0 heteroatoms. The number of rotatable bonds is 3. The Morgan fingerprint density at radius 2 is 1.50 bits per heavy atom. The van der Waals surface area contributed by atoms with Crippen LogP contribution in [0.25, 0.3) is 0 Å². The molecule has 3 aliphatic rings. The van der Waals surface area contributed by atoms with Gasteiger partial charge in [0.05, 0.1) is 0 Å². The molecule has 3 aliphatic carbocycles. The Hall–Kier alpha value is 0. The van der Waals surface area contributed by atoms with Gasteiger partial charge in [0.15, 0.2) is 0 Å². The van der Waals surface area contributed by atoms with Crippen molar-refractivity contribution in [2.75, 3.05) is 0 Å². The lowest BCUT2D eigenvalue weighted by Gasteiger charge is -2.66. The van der Waals surface area contributed by atoms with Gasteiger partial charge in [-0.1, -0.05) is 41.5 Å². The van der Waals surface area contributed by atoms with Crippen LogP contribution in [0.5, 0.6) is 0 Å². The Balaban J connectivity index is 1.78. The van der Waals surface area contributed by atoms with Gasteiger partial charge in [-0.15, -0.1) is 0 Å². The van der Waals surface area contributed by atoms with Crippen molar-refractivity contribution in [3.63, 3.8) is 0 Å². The van der Waals surface area contributed by atoms with Crippen LogP contribution >= 0.6 is 0 Å². The maximum absolute atomic E-state index is 2.58. The third kappa shape index (κ3) is 1.33. The Morgan fingerprint density at radius 1 is 0.944 bits per heavy atom. The molecule has 3 rings (SSSR count). The minimum atomic E-state index is 0.806. The average molecular weight is 248 g/mol. The third-order valence-corrected chi connectivity index (χ3v) is 7.82. The molecule has 0 bridgehead atoms. The van der Waals surface area contributed by atoms with Crippen molar-refractivity contribution >= 4 is 0 Å². The van der Waals surface area contributed by atoms with Crippen molar-refractivity contribution in [2.45, 2.75) is 60.8 Å². The van der Waals surface area contributed by atoms with E-state index in [2.05, 4.69) is 41.5 Å². The highest BCUT2D eigenvalue weighted by atomic mass is 14.8.